The predicted molar refractivity (Wildman–Crippen MR) is 39.0 cm³/mol. The van der Waals surface area contributed by atoms with Crippen LogP contribution in [0.15, 0.2) is 0 Å². The molecule has 1 rings (SSSR count). The first-order valence-electron chi connectivity index (χ1n) is 3.78. The predicted octanol–water partition coefficient (Wildman–Crippen LogP) is -3.32. The molecule has 0 saturated carbocycles. The summed E-state index contributed by atoms with van der Waals surface area (Å²) < 4.78 is 4.82. The van der Waals surface area contributed by atoms with E-state index in [1.165, 1.54) is 0 Å². The Morgan fingerprint density at radius 1 is 1.15 bits per heavy atom. The first-order valence-corrected chi connectivity index (χ1v) is 3.78. The van der Waals surface area contributed by atoms with Gasteiger partial charge in [0, 0.05) is 0 Å². The van der Waals surface area contributed by atoms with Gasteiger partial charge in [-0.05, 0) is 0 Å². The zero-order chi connectivity index (χ0) is 10.0. The molecule has 0 radical (unpaired) electrons. The molecule has 6 N–H and O–H groups in total. The molecule has 1 saturated heterocycles. The lowest BCUT2D eigenvalue weighted by molar-refractivity contribution is -0.302. The Labute approximate surface area is 74.3 Å². The first kappa shape index (κ1) is 10.8. The van der Waals surface area contributed by atoms with Crippen molar-refractivity contribution in [2.75, 3.05) is 6.61 Å². The summed E-state index contributed by atoms with van der Waals surface area (Å²) in [6.07, 6.45) is -6.48. The van der Waals surface area contributed by atoms with Gasteiger partial charge in [-0.1, -0.05) is 0 Å². The van der Waals surface area contributed by atoms with E-state index >= 15 is 0 Å². The lowest BCUT2D eigenvalue weighted by atomic mass is 9.99. The lowest BCUT2D eigenvalue weighted by Crippen LogP contribution is -2.59. The third kappa shape index (κ3) is 1.97. The highest BCUT2D eigenvalue weighted by atomic mass is 16.8. The molecule has 1 aliphatic rings. The van der Waals surface area contributed by atoms with Crippen LogP contribution in [-0.2, 0) is 9.57 Å². The molecule has 1 fully saturated rings. The SMILES string of the molecule is NOC1O[C@H](CO)[C@@H](O)[C@@H](O)[C@@H]1O. The van der Waals surface area contributed by atoms with Gasteiger partial charge in [-0.2, -0.15) is 0 Å². The van der Waals surface area contributed by atoms with E-state index in [1.807, 2.05) is 0 Å². The average Bonchev–Trinajstić information content (AvgIpc) is 2.15. The Morgan fingerprint density at radius 3 is 2.23 bits per heavy atom. The monoisotopic (exact) mass is 195 g/mol. The van der Waals surface area contributed by atoms with Gasteiger partial charge in [0.05, 0.1) is 6.61 Å². The van der Waals surface area contributed by atoms with E-state index in [9.17, 15) is 15.3 Å². The van der Waals surface area contributed by atoms with E-state index < -0.39 is 37.3 Å². The van der Waals surface area contributed by atoms with Crippen LogP contribution in [0.25, 0.3) is 0 Å². The van der Waals surface area contributed by atoms with Gasteiger partial charge >= 0.3 is 0 Å². The Kier molecular flexibility index (Phi) is 3.56. The summed E-state index contributed by atoms with van der Waals surface area (Å²) >= 11 is 0. The van der Waals surface area contributed by atoms with Gasteiger partial charge in [-0.25, -0.2) is 5.90 Å². The van der Waals surface area contributed by atoms with Gasteiger partial charge in [-0.15, -0.1) is 0 Å². The molecule has 1 unspecified atom stereocenters. The quantitative estimate of drug-likeness (QED) is 0.292. The highest BCUT2D eigenvalue weighted by molar-refractivity contribution is 4.88. The first-order chi connectivity index (χ1) is 6.11. The molecule has 5 atom stereocenters. The number of aliphatic hydroxyl groups is 4. The van der Waals surface area contributed by atoms with Crippen molar-refractivity contribution in [1.82, 2.24) is 0 Å². The molecule has 78 valence electrons. The van der Waals surface area contributed by atoms with E-state index in [0.717, 1.165) is 0 Å². The van der Waals surface area contributed by atoms with Gasteiger partial charge < -0.3 is 25.2 Å². The van der Waals surface area contributed by atoms with E-state index in [2.05, 4.69) is 4.84 Å². The fourth-order valence-corrected chi connectivity index (χ4v) is 1.18. The summed E-state index contributed by atoms with van der Waals surface area (Å²) in [5, 5.41) is 36.4. The summed E-state index contributed by atoms with van der Waals surface area (Å²) in [6.45, 7) is -0.495. The maximum Gasteiger partial charge on any atom is 0.206 e. The highest BCUT2D eigenvalue weighted by Gasteiger charge is 2.43. The molecule has 1 aliphatic heterocycles. The van der Waals surface area contributed by atoms with Gasteiger partial charge in [0.1, 0.15) is 24.4 Å². The summed E-state index contributed by atoms with van der Waals surface area (Å²) in [5.41, 5.74) is 0. The third-order valence-electron chi connectivity index (χ3n) is 1.98. The minimum absolute atomic E-state index is 0.495. The number of nitrogens with two attached hydrogens (primary N) is 1. The molecule has 7 nitrogen and oxygen atoms in total. The molecule has 0 aliphatic carbocycles. The summed E-state index contributed by atoms with van der Waals surface area (Å²) in [6, 6.07) is 0. The minimum atomic E-state index is -1.44. The molecule has 13 heavy (non-hydrogen) atoms. The fourth-order valence-electron chi connectivity index (χ4n) is 1.18. The lowest BCUT2D eigenvalue weighted by Gasteiger charge is -2.38. The van der Waals surface area contributed by atoms with E-state index in [-0.39, 0.29) is 0 Å². The molecule has 0 spiro atoms. The van der Waals surface area contributed by atoms with Crippen LogP contribution in [0.3, 0.4) is 0 Å². The van der Waals surface area contributed by atoms with Crippen molar-refractivity contribution < 1.29 is 30.0 Å². The molecule has 0 bridgehead atoms. The second-order valence-electron chi connectivity index (χ2n) is 2.83. The second kappa shape index (κ2) is 4.29. The van der Waals surface area contributed by atoms with Crippen LogP contribution in [0.5, 0.6) is 0 Å². The standard InChI is InChI=1S/C6H13NO6/c7-13-6-5(11)4(10)3(9)2(1-8)12-6/h2-6,8-11H,1,7H2/t2-,3-,4-,5+,6?/m1/s1. The molecular weight excluding hydrogens is 182 g/mol. The van der Waals surface area contributed by atoms with Crippen molar-refractivity contribution in [2.24, 2.45) is 5.90 Å². The maximum absolute atomic E-state index is 9.23. The summed E-state index contributed by atoms with van der Waals surface area (Å²) in [7, 11) is 0. The van der Waals surface area contributed by atoms with E-state index in [4.69, 9.17) is 15.7 Å². The highest BCUT2D eigenvalue weighted by Crippen LogP contribution is 2.20. The topological polar surface area (TPSA) is 125 Å². The van der Waals surface area contributed by atoms with Gasteiger partial charge in [0.25, 0.3) is 0 Å². The van der Waals surface area contributed by atoms with E-state index in [0.29, 0.717) is 0 Å². The smallest absolute Gasteiger partial charge is 0.206 e. The minimum Gasteiger partial charge on any atom is -0.394 e. The maximum atomic E-state index is 9.23. The van der Waals surface area contributed by atoms with Crippen molar-refractivity contribution in [3.63, 3.8) is 0 Å². The van der Waals surface area contributed by atoms with Gasteiger partial charge in [0.15, 0.2) is 0 Å². The van der Waals surface area contributed by atoms with Gasteiger partial charge in [-0.3, -0.25) is 4.84 Å². The molecule has 0 aromatic heterocycles. The van der Waals surface area contributed by atoms with E-state index in [1.54, 1.807) is 0 Å². The average molecular weight is 195 g/mol. The molecule has 7 heteroatoms. The van der Waals surface area contributed by atoms with Crippen LogP contribution in [0.4, 0.5) is 0 Å². The van der Waals surface area contributed by atoms with Crippen molar-refractivity contribution in [3.05, 3.63) is 0 Å². The summed E-state index contributed by atoms with van der Waals surface area (Å²) in [4.78, 5) is 4.20. The van der Waals surface area contributed by atoms with Crippen molar-refractivity contribution in [1.29, 1.82) is 0 Å². The Bertz CT molecular complexity index is 147. The Morgan fingerprint density at radius 2 is 1.77 bits per heavy atom. The molecular formula is C6H13NO6. The number of rotatable bonds is 2. The molecule has 1 heterocycles. The van der Waals surface area contributed by atoms with Crippen LogP contribution in [0.2, 0.25) is 0 Å². The summed E-state index contributed by atoms with van der Waals surface area (Å²) in [5.74, 6) is 4.76. The number of hydrogen-bond donors (Lipinski definition) is 5. The molecule has 0 amide bonds. The van der Waals surface area contributed by atoms with Gasteiger partial charge in [0.2, 0.25) is 6.29 Å². The van der Waals surface area contributed by atoms with Crippen molar-refractivity contribution >= 4 is 0 Å². The second-order valence-corrected chi connectivity index (χ2v) is 2.83. The van der Waals surface area contributed by atoms with Crippen LogP contribution in [0, 0.1) is 0 Å². The zero-order valence-corrected chi connectivity index (χ0v) is 6.78. The fraction of sp³-hybridized carbons (Fsp3) is 1.00. The Hall–Kier alpha value is -0.280. The van der Waals surface area contributed by atoms with Crippen molar-refractivity contribution in [3.8, 4) is 0 Å². The van der Waals surface area contributed by atoms with Crippen LogP contribution in [0.1, 0.15) is 0 Å². The normalized spacial score (nSPS) is 46.4. The third-order valence-corrected chi connectivity index (χ3v) is 1.98. The zero-order valence-electron chi connectivity index (χ0n) is 6.78. The largest absolute Gasteiger partial charge is 0.394 e. The van der Waals surface area contributed by atoms with Crippen LogP contribution in [-0.4, -0.2) is 57.7 Å². The van der Waals surface area contributed by atoms with Crippen molar-refractivity contribution in [2.45, 2.75) is 30.7 Å². The number of aliphatic hydroxyl groups excluding tert-OH is 4. The molecule has 0 aromatic rings. The van der Waals surface area contributed by atoms with Crippen LogP contribution < -0.4 is 5.90 Å². The number of hydrogen-bond acceptors (Lipinski definition) is 7. The molecule has 0 aromatic carbocycles. The Balaban J connectivity index is 2.66. The van der Waals surface area contributed by atoms with Crippen LogP contribution >= 0.6 is 0 Å². The number of ether oxygens (including phenoxy) is 1.